The summed E-state index contributed by atoms with van der Waals surface area (Å²) in [5, 5.41) is 7.26. The van der Waals surface area contributed by atoms with Gasteiger partial charge in [0.25, 0.3) is 0 Å². The van der Waals surface area contributed by atoms with E-state index in [2.05, 4.69) is 31.1 Å². The summed E-state index contributed by atoms with van der Waals surface area (Å²) in [6.07, 6.45) is 4.09. The van der Waals surface area contributed by atoms with Gasteiger partial charge in [-0.2, -0.15) is 5.10 Å². The third-order valence-electron chi connectivity index (χ3n) is 3.59. The van der Waals surface area contributed by atoms with Gasteiger partial charge >= 0.3 is 0 Å². The minimum absolute atomic E-state index is 0.354. The summed E-state index contributed by atoms with van der Waals surface area (Å²) in [6, 6.07) is 6.02. The Morgan fingerprint density at radius 1 is 1.45 bits per heavy atom. The number of anilines is 1. The van der Waals surface area contributed by atoms with Crippen LogP contribution >= 0.6 is 0 Å². The van der Waals surface area contributed by atoms with Crippen LogP contribution in [-0.4, -0.2) is 40.4 Å². The zero-order valence-electron chi connectivity index (χ0n) is 11.6. The summed E-state index contributed by atoms with van der Waals surface area (Å²) in [6.45, 7) is 2.44. The van der Waals surface area contributed by atoms with Crippen LogP contribution in [0.4, 0.5) is 5.82 Å². The second-order valence-electron chi connectivity index (χ2n) is 5.05. The summed E-state index contributed by atoms with van der Waals surface area (Å²) >= 11 is 0. The Hall–Kier alpha value is -1.95. The molecule has 0 saturated carbocycles. The molecular formula is C14H19N5O. The van der Waals surface area contributed by atoms with Crippen LogP contribution in [0, 0.1) is 0 Å². The number of pyridine rings is 1. The quantitative estimate of drug-likeness (QED) is 0.919. The molecule has 3 rings (SSSR count). The number of aromatic nitrogens is 4. The van der Waals surface area contributed by atoms with Crippen LogP contribution in [0.2, 0.25) is 0 Å². The Labute approximate surface area is 118 Å². The van der Waals surface area contributed by atoms with Gasteiger partial charge in [0.2, 0.25) is 0 Å². The smallest absolute Gasteiger partial charge is 0.155 e. The monoisotopic (exact) mass is 273 g/mol. The third-order valence-corrected chi connectivity index (χ3v) is 3.59. The summed E-state index contributed by atoms with van der Waals surface area (Å²) in [7, 11) is 1.66. The van der Waals surface area contributed by atoms with Gasteiger partial charge in [-0.25, -0.2) is 9.97 Å². The molecule has 1 N–H and O–H groups in total. The highest BCUT2D eigenvalue weighted by Gasteiger charge is 2.25. The van der Waals surface area contributed by atoms with Crippen LogP contribution in [-0.2, 0) is 11.3 Å². The van der Waals surface area contributed by atoms with E-state index in [4.69, 9.17) is 4.74 Å². The molecule has 1 saturated heterocycles. The van der Waals surface area contributed by atoms with Crippen LogP contribution in [0.5, 0.6) is 0 Å². The molecule has 6 heteroatoms. The highest BCUT2D eigenvalue weighted by Crippen LogP contribution is 2.27. The van der Waals surface area contributed by atoms with Crippen LogP contribution in [0.3, 0.4) is 0 Å². The minimum Gasteiger partial charge on any atom is -0.377 e. The molecule has 0 radical (unpaired) electrons. The molecule has 1 fully saturated rings. The van der Waals surface area contributed by atoms with Crippen molar-refractivity contribution in [2.45, 2.75) is 25.4 Å². The van der Waals surface area contributed by atoms with Gasteiger partial charge in [0, 0.05) is 32.3 Å². The summed E-state index contributed by atoms with van der Waals surface area (Å²) in [4.78, 5) is 11.2. The molecule has 0 aromatic carbocycles. The number of ether oxygens (including phenoxy) is 1. The second-order valence-corrected chi connectivity index (χ2v) is 5.05. The van der Waals surface area contributed by atoms with Gasteiger partial charge in [0.05, 0.1) is 0 Å². The number of hydrogen-bond donors (Lipinski definition) is 1. The number of aromatic amines is 1. The van der Waals surface area contributed by atoms with Gasteiger partial charge in [-0.05, 0) is 25.0 Å². The van der Waals surface area contributed by atoms with E-state index < -0.39 is 0 Å². The lowest BCUT2D eigenvalue weighted by Gasteiger charge is -2.32. The predicted molar refractivity (Wildman–Crippen MR) is 75.5 cm³/mol. The fourth-order valence-corrected chi connectivity index (χ4v) is 2.63. The van der Waals surface area contributed by atoms with E-state index in [1.54, 1.807) is 7.11 Å². The van der Waals surface area contributed by atoms with E-state index >= 15 is 0 Å². The number of nitrogens with one attached hydrogen (secondary N) is 1. The summed E-state index contributed by atoms with van der Waals surface area (Å²) in [5.74, 6) is 3.06. The highest BCUT2D eigenvalue weighted by atomic mass is 16.5. The van der Waals surface area contributed by atoms with Gasteiger partial charge in [0.15, 0.2) is 11.6 Å². The molecule has 6 nitrogen and oxygen atoms in total. The number of piperidine rings is 1. The zero-order chi connectivity index (χ0) is 13.8. The van der Waals surface area contributed by atoms with E-state index in [0.29, 0.717) is 12.5 Å². The molecule has 2 aromatic rings. The molecule has 2 aromatic heterocycles. The first-order chi connectivity index (χ1) is 9.86. The summed E-state index contributed by atoms with van der Waals surface area (Å²) < 4.78 is 5.06. The largest absolute Gasteiger partial charge is 0.377 e. The van der Waals surface area contributed by atoms with Crippen molar-refractivity contribution >= 4 is 5.82 Å². The van der Waals surface area contributed by atoms with Crippen molar-refractivity contribution in [1.29, 1.82) is 0 Å². The Morgan fingerprint density at radius 3 is 3.20 bits per heavy atom. The SMILES string of the molecule is COCc1nc(C2CCCN(c3ccccn3)C2)n[nH]1. The standard InChI is InChI=1S/C14H19N5O/c1-20-10-12-16-14(18-17-12)11-5-4-8-19(9-11)13-6-2-3-7-15-13/h2-3,6-7,11H,4-5,8-10H2,1H3,(H,16,17,18). The van der Waals surface area contributed by atoms with Crippen LogP contribution in [0.1, 0.15) is 30.4 Å². The number of H-pyrrole nitrogens is 1. The molecule has 1 atom stereocenters. The molecule has 1 unspecified atom stereocenters. The Kier molecular flexibility index (Phi) is 3.92. The number of methoxy groups -OCH3 is 1. The Bertz CT molecular complexity index is 542. The maximum absolute atomic E-state index is 5.06. The lowest BCUT2D eigenvalue weighted by Crippen LogP contribution is -2.35. The zero-order valence-corrected chi connectivity index (χ0v) is 11.6. The van der Waals surface area contributed by atoms with Crippen molar-refractivity contribution in [2.24, 2.45) is 0 Å². The average Bonchev–Trinajstić information content (AvgIpc) is 2.97. The highest BCUT2D eigenvalue weighted by molar-refractivity contribution is 5.38. The maximum atomic E-state index is 5.06. The fraction of sp³-hybridized carbons (Fsp3) is 0.500. The fourth-order valence-electron chi connectivity index (χ4n) is 2.63. The normalized spacial score (nSPS) is 19.2. The second kappa shape index (κ2) is 6.00. The molecular weight excluding hydrogens is 254 g/mol. The molecule has 3 heterocycles. The first kappa shape index (κ1) is 13.1. The molecule has 0 amide bonds. The molecule has 0 spiro atoms. The van der Waals surface area contributed by atoms with Gasteiger partial charge < -0.3 is 9.64 Å². The van der Waals surface area contributed by atoms with E-state index in [-0.39, 0.29) is 0 Å². The number of hydrogen-bond acceptors (Lipinski definition) is 5. The van der Waals surface area contributed by atoms with E-state index in [1.165, 1.54) is 0 Å². The van der Waals surface area contributed by atoms with Crippen molar-refractivity contribution in [3.05, 3.63) is 36.0 Å². The summed E-state index contributed by atoms with van der Waals surface area (Å²) in [5.41, 5.74) is 0. The van der Waals surface area contributed by atoms with Crippen molar-refractivity contribution in [1.82, 2.24) is 20.2 Å². The Balaban J connectivity index is 1.71. The topological polar surface area (TPSA) is 66.9 Å². The lowest BCUT2D eigenvalue weighted by molar-refractivity contribution is 0.178. The molecule has 1 aliphatic rings. The van der Waals surface area contributed by atoms with Gasteiger partial charge in [-0.15, -0.1) is 0 Å². The number of nitrogens with zero attached hydrogens (tertiary/aromatic N) is 4. The lowest BCUT2D eigenvalue weighted by atomic mass is 9.97. The predicted octanol–water partition coefficient (Wildman–Crippen LogP) is 1.73. The number of rotatable bonds is 4. The van der Waals surface area contributed by atoms with Crippen LogP contribution in [0.25, 0.3) is 0 Å². The minimum atomic E-state index is 0.354. The first-order valence-electron chi connectivity index (χ1n) is 6.93. The van der Waals surface area contributed by atoms with Crippen molar-refractivity contribution in [3.63, 3.8) is 0 Å². The Morgan fingerprint density at radius 2 is 2.40 bits per heavy atom. The maximum Gasteiger partial charge on any atom is 0.155 e. The van der Waals surface area contributed by atoms with Crippen LogP contribution < -0.4 is 4.90 Å². The van der Waals surface area contributed by atoms with E-state index in [1.807, 2.05) is 18.3 Å². The first-order valence-corrected chi connectivity index (χ1v) is 6.93. The van der Waals surface area contributed by atoms with Crippen LogP contribution in [0.15, 0.2) is 24.4 Å². The molecule has 20 heavy (non-hydrogen) atoms. The van der Waals surface area contributed by atoms with Gasteiger partial charge in [0.1, 0.15) is 12.4 Å². The molecule has 0 bridgehead atoms. The molecule has 106 valence electrons. The molecule has 0 aliphatic carbocycles. The van der Waals surface area contributed by atoms with Gasteiger partial charge in [-0.1, -0.05) is 6.07 Å². The third kappa shape index (κ3) is 2.80. The van der Waals surface area contributed by atoms with E-state index in [9.17, 15) is 0 Å². The van der Waals surface area contributed by atoms with E-state index in [0.717, 1.165) is 43.4 Å². The van der Waals surface area contributed by atoms with Gasteiger partial charge in [-0.3, -0.25) is 5.10 Å². The average molecular weight is 273 g/mol. The van der Waals surface area contributed by atoms with Crippen molar-refractivity contribution < 1.29 is 4.74 Å². The van der Waals surface area contributed by atoms with Crippen molar-refractivity contribution in [3.8, 4) is 0 Å². The molecule has 1 aliphatic heterocycles. The van der Waals surface area contributed by atoms with Crippen molar-refractivity contribution in [2.75, 3.05) is 25.1 Å².